The lowest BCUT2D eigenvalue weighted by Gasteiger charge is -2.05. The highest BCUT2D eigenvalue weighted by Crippen LogP contribution is 2.29. The molecule has 1 aromatic heterocycles. The SMILES string of the molecule is CCOc1ccc2nc(NC(=O)COC(=O)c3ccc([N+](=O)[O-])c(C)c3)sc2c1. The second-order valence-corrected chi connectivity index (χ2v) is 6.99. The molecule has 0 aliphatic rings. The van der Waals surface area contributed by atoms with Gasteiger partial charge in [0, 0.05) is 11.6 Å². The van der Waals surface area contributed by atoms with Gasteiger partial charge in [0.05, 0.1) is 27.3 Å². The summed E-state index contributed by atoms with van der Waals surface area (Å²) >= 11 is 1.28. The van der Waals surface area contributed by atoms with Crippen LogP contribution in [0.1, 0.15) is 22.8 Å². The number of nitro benzene ring substituents is 1. The number of thiazole rings is 1. The molecular formula is C19H17N3O6S. The highest BCUT2D eigenvalue weighted by molar-refractivity contribution is 7.22. The first-order valence-corrected chi connectivity index (χ1v) is 9.44. The number of ether oxygens (including phenoxy) is 2. The molecule has 10 heteroatoms. The van der Waals surface area contributed by atoms with Crippen LogP contribution in [0.4, 0.5) is 10.8 Å². The number of aryl methyl sites for hydroxylation is 1. The summed E-state index contributed by atoms with van der Waals surface area (Å²) in [5, 5.41) is 13.8. The molecule has 0 spiro atoms. The number of carbonyl (C=O) groups excluding carboxylic acids is 2. The standard InChI is InChI=1S/C19H17N3O6S/c1-3-27-13-5-6-14-16(9-13)29-19(20-14)21-17(23)10-28-18(24)12-4-7-15(22(25)26)11(2)8-12/h4-9H,3,10H2,1-2H3,(H,20,21,23). The first kappa shape index (κ1) is 20.2. The van der Waals surface area contributed by atoms with Crippen LogP contribution in [0.5, 0.6) is 5.75 Å². The molecule has 3 aromatic rings. The summed E-state index contributed by atoms with van der Waals surface area (Å²) in [6.45, 7) is 3.45. The normalized spacial score (nSPS) is 10.6. The minimum Gasteiger partial charge on any atom is -0.494 e. The monoisotopic (exact) mass is 415 g/mol. The summed E-state index contributed by atoms with van der Waals surface area (Å²) in [5.41, 5.74) is 1.08. The minimum atomic E-state index is -0.746. The van der Waals surface area contributed by atoms with Crippen LogP contribution in [0.25, 0.3) is 10.2 Å². The molecule has 0 radical (unpaired) electrons. The molecule has 9 nitrogen and oxygen atoms in total. The Morgan fingerprint density at radius 1 is 1.24 bits per heavy atom. The minimum absolute atomic E-state index is 0.0948. The molecule has 0 saturated carbocycles. The van der Waals surface area contributed by atoms with Gasteiger partial charge >= 0.3 is 5.97 Å². The number of amides is 1. The molecule has 0 fully saturated rings. The number of esters is 1. The molecule has 1 amide bonds. The maximum absolute atomic E-state index is 12.1. The second-order valence-electron chi connectivity index (χ2n) is 5.96. The van der Waals surface area contributed by atoms with Crippen molar-refractivity contribution in [3.63, 3.8) is 0 Å². The van der Waals surface area contributed by atoms with E-state index in [9.17, 15) is 19.7 Å². The summed E-state index contributed by atoms with van der Waals surface area (Å²) in [7, 11) is 0. The van der Waals surface area contributed by atoms with Crippen LogP contribution in [0.3, 0.4) is 0 Å². The number of anilines is 1. The first-order valence-electron chi connectivity index (χ1n) is 8.62. The summed E-state index contributed by atoms with van der Waals surface area (Å²) < 4.78 is 11.3. The van der Waals surface area contributed by atoms with Crippen molar-refractivity contribution in [1.29, 1.82) is 0 Å². The van der Waals surface area contributed by atoms with Crippen molar-refractivity contribution in [2.24, 2.45) is 0 Å². The maximum atomic E-state index is 12.1. The van der Waals surface area contributed by atoms with E-state index in [4.69, 9.17) is 9.47 Å². The third kappa shape index (κ3) is 4.85. The summed E-state index contributed by atoms with van der Waals surface area (Å²) in [4.78, 5) is 38.7. The van der Waals surface area contributed by atoms with Gasteiger partial charge in [-0.3, -0.25) is 20.2 Å². The zero-order valence-electron chi connectivity index (χ0n) is 15.6. The van der Waals surface area contributed by atoms with Crippen molar-refractivity contribution in [1.82, 2.24) is 4.98 Å². The van der Waals surface area contributed by atoms with Gasteiger partial charge in [-0.15, -0.1) is 0 Å². The molecule has 29 heavy (non-hydrogen) atoms. The Hall–Kier alpha value is -3.53. The predicted molar refractivity (Wildman–Crippen MR) is 108 cm³/mol. The van der Waals surface area contributed by atoms with Crippen molar-refractivity contribution < 1.29 is 24.0 Å². The van der Waals surface area contributed by atoms with Gasteiger partial charge in [-0.25, -0.2) is 9.78 Å². The number of rotatable bonds is 7. The lowest BCUT2D eigenvalue weighted by molar-refractivity contribution is -0.385. The average molecular weight is 415 g/mol. The Labute approximate surface area is 169 Å². The maximum Gasteiger partial charge on any atom is 0.338 e. The number of fused-ring (bicyclic) bond motifs is 1. The van der Waals surface area contributed by atoms with E-state index in [1.54, 1.807) is 12.1 Å². The lowest BCUT2D eigenvalue weighted by Crippen LogP contribution is -2.20. The number of nitro groups is 1. The van der Waals surface area contributed by atoms with Crippen LogP contribution >= 0.6 is 11.3 Å². The largest absolute Gasteiger partial charge is 0.494 e. The van der Waals surface area contributed by atoms with Crippen molar-refractivity contribution in [3.8, 4) is 5.75 Å². The Morgan fingerprint density at radius 3 is 2.72 bits per heavy atom. The van der Waals surface area contributed by atoms with Gasteiger partial charge in [-0.2, -0.15) is 0 Å². The van der Waals surface area contributed by atoms with Crippen molar-refractivity contribution in [3.05, 3.63) is 57.6 Å². The van der Waals surface area contributed by atoms with E-state index in [2.05, 4.69) is 10.3 Å². The molecule has 1 N–H and O–H groups in total. The molecule has 0 unspecified atom stereocenters. The fourth-order valence-corrected chi connectivity index (χ4v) is 3.48. The quantitative estimate of drug-likeness (QED) is 0.355. The van der Waals surface area contributed by atoms with Crippen molar-refractivity contribution >= 4 is 44.2 Å². The highest BCUT2D eigenvalue weighted by atomic mass is 32.1. The summed E-state index contributed by atoms with van der Waals surface area (Å²) in [6, 6.07) is 9.29. The van der Waals surface area contributed by atoms with E-state index in [0.717, 1.165) is 4.70 Å². The molecule has 0 saturated heterocycles. The first-order chi connectivity index (χ1) is 13.9. The van der Waals surface area contributed by atoms with Gasteiger partial charge in [0.1, 0.15) is 5.75 Å². The third-order valence-electron chi connectivity index (χ3n) is 3.88. The summed E-state index contributed by atoms with van der Waals surface area (Å²) in [6.07, 6.45) is 0. The van der Waals surface area contributed by atoms with E-state index < -0.39 is 23.4 Å². The number of aromatic nitrogens is 1. The second kappa shape index (κ2) is 8.65. The van der Waals surface area contributed by atoms with Crippen LogP contribution in [0.2, 0.25) is 0 Å². The van der Waals surface area contributed by atoms with Gasteiger partial charge in [-0.05, 0) is 44.2 Å². The zero-order valence-corrected chi connectivity index (χ0v) is 16.4. The number of nitrogens with one attached hydrogen (secondary N) is 1. The van der Waals surface area contributed by atoms with Crippen molar-refractivity contribution in [2.75, 3.05) is 18.5 Å². The smallest absolute Gasteiger partial charge is 0.338 e. The third-order valence-corrected chi connectivity index (χ3v) is 4.81. The Bertz CT molecular complexity index is 1090. The fraction of sp³-hybridized carbons (Fsp3) is 0.211. The number of nitrogens with zero attached hydrogens (tertiary/aromatic N) is 2. The Kier molecular flexibility index (Phi) is 6.03. The molecule has 0 aliphatic carbocycles. The predicted octanol–water partition coefficient (Wildman–Crippen LogP) is 3.71. The number of benzene rings is 2. The van der Waals surface area contributed by atoms with Gasteiger partial charge < -0.3 is 9.47 Å². The van der Waals surface area contributed by atoms with Crippen LogP contribution in [-0.4, -0.2) is 35.0 Å². The van der Waals surface area contributed by atoms with E-state index >= 15 is 0 Å². The van der Waals surface area contributed by atoms with Crippen molar-refractivity contribution in [2.45, 2.75) is 13.8 Å². The van der Waals surface area contributed by atoms with Crippen LogP contribution in [0.15, 0.2) is 36.4 Å². The zero-order chi connectivity index (χ0) is 21.0. The van der Waals surface area contributed by atoms with Gasteiger partial charge in [-0.1, -0.05) is 11.3 Å². The molecule has 0 aliphatic heterocycles. The molecule has 0 bridgehead atoms. The Balaban J connectivity index is 1.59. The average Bonchev–Trinajstić information content (AvgIpc) is 3.07. The van der Waals surface area contributed by atoms with Gasteiger partial charge in [0.15, 0.2) is 11.7 Å². The van der Waals surface area contributed by atoms with Crippen LogP contribution in [-0.2, 0) is 9.53 Å². The van der Waals surface area contributed by atoms with E-state index in [1.807, 2.05) is 13.0 Å². The number of hydrogen-bond donors (Lipinski definition) is 1. The molecule has 150 valence electrons. The fourth-order valence-electron chi connectivity index (χ4n) is 2.57. The van der Waals surface area contributed by atoms with E-state index in [0.29, 0.717) is 28.6 Å². The molecule has 2 aromatic carbocycles. The summed E-state index contributed by atoms with van der Waals surface area (Å²) in [5.74, 6) is -0.571. The van der Waals surface area contributed by atoms with E-state index in [1.165, 1.54) is 36.5 Å². The molecular weight excluding hydrogens is 398 g/mol. The van der Waals surface area contributed by atoms with Crippen LogP contribution in [0, 0.1) is 17.0 Å². The van der Waals surface area contributed by atoms with E-state index in [-0.39, 0.29) is 11.3 Å². The Morgan fingerprint density at radius 2 is 2.03 bits per heavy atom. The lowest BCUT2D eigenvalue weighted by atomic mass is 10.1. The number of hydrogen-bond acceptors (Lipinski definition) is 8. The van der Waals surface area contributed by atoms with Crippen LogP contribution < -0.4 is 10.1 Å². The topological polar surface area (TPSA) is 121 Å². The molecule has 3 rings (SSSR count). The highest BCUT2D eigenvalue weighted by Gasteiger charge is 2.16. The molecule has 0 atom stereocenters. The van der Waals surface area contributed by atoms with Gasteiger partial charge in [0.2, 0.25) is 0 Å². The van der Waals surface area contributed by atoms with Gasteiger partial charge in [0.25, 0.3) is 11.6 Å². The number of carbonyl (C=O) groups is 2. The molecule has 1 heterocycles.